The van der Waals surface area contributed by atoms with Crippen LogP contribution in [0.15, 0.2) is 187 Å². The summed E-state index contributed by atoms with van der Waals surface area (Å²) in [6.07, 6.45) is 17.6. The Kier molecular flexibility index (Phi) is 34.4. The van der Waals surface area contributed by atoms with Crippen molar-refractivity contribution < 1.29 is 114 Å². The van der Waals surface area contributed by atoms with Gasteiger partial charge in [0.05, 0.1) is 97.6 Å². The quantitative estimate of drug-likeness (QED) is 0.0255. The minimum atomic E-state index is -0.184. The van der Waals surface area contributed by atoms with Gasteiger partial charge in [-0.2, -0.15) is 6.42 Å². The van der Waals surface area contributed by atoms with Gasteiger partial charge in [0, 0.05) is 168 Å². The Morgan fingerprint density at radius 1 is 0.399 bits per heavy atom. The van der Waals surface area contributed by atoms with E-state index in [-0.39, 0.29) is 106 Å². The zero-order chi connectivity index (χ0) is 94.8. The number of aryl methyl sites for hydroxylation is 4. The van der Waals surface area contributed by atoms with Gasteiger partial charge in [0.15, 0.2) is 23.0 Å². The van der Waals surface area contributed by atoms with Crippen LogP contribution in [0.1, 0.15) is 185 Å². The minimum absolute atomic E-state index is 0. The van der Waals surface area contributed by atoms with Crippen LogP contribution in [0.4, 0.5) is 39.8 Å². The van der Waals surface area contributed by atoms with Crippen molar-refractivity contribution in [1.29, 1.82) is 0 Å². The molecule has 8 heterocycles. The number of benzene rings is 10. The standard InChI is InChI=1S/C57H66N3O8.C56H62N4O9.Y/c1-5-6-7-12-21-58(22-23-65-26-27-66-25-24-63-3)48-30-40(37-67-53-34-42-17-19-46-32-44-13-8-10-15-51(44)59(46)56(61)49(42)28-39(53)2)29-41(31-48)38-68-55-35-43-18-20-47-33-45-14-9-11-16-52(45)60(47)57(62)50(43)36-54(55)64-4;1-5-46(61)13-10-18-58(19-20-66-23-24-67-22-21-64-3)44-27-38(35-68-52-31-40-16-17-43-29-41-11-6-8-14-50(41)59(43)55(62)47(40)25-37(52)2)26-39(28-44)36-69-54-33-49-48(32-53(54)65-4)56(63)60-45(34-57-49)30-42-12-7-9-15-51(42)60;/h8-11,13-16,20,28-31,34-36,46-47H,5-7,12,17-19,21-27,32-33,37-38H2,1-4H3;6-9,11-12,14-15,25-28,31-34,43,45H,5,10,13,16-24,29-30,35-36H2,1-4H3;/q-1;;/t46-,47-;43-,45+;/m11./s1. The predicted octanol–water partition coefficient (Wildman–Crippen LogP) is 19.3. The second-order valence-corrected chi connectivity index (χ2v) is 36.6. The summed E-state index contributed by atoms with van der Waals surface area (Å²) in [5.74, 6) is 3.70. The maximum atomic E-state index is 14.2. The van der Waals surface area contributed by atoms with Crippen LogP contribution >= 0.6 is 0 Å². The summed E-state index contributed by atoms with van der Waals surface area (Å²) in [5.41, 5.74) is 22.4. The van der Waals surface area contributed by atoms with E-state index in [2.05, 4.69) is 114 Å². The van der Waals surface area contributed by atoms with Crippen molar-refractivity contribution in [3.8, 4) is 34.5 Å². The van der Waals surface area contributed by atoms with E-state index in [1.807, 2.05) is 125 Å². The van der Waals surface area contributed by atoms with E-state index in [9.17, 15) is 24.0 Å². The van der Waals surface area contributed by atoms with Crippen LogP contribution in [0.2, 0.25) is 0 Å². The molecule has 1 radical (unpaired) electrons. The Morgan fingerprint density at radius 3 is 1.30 bits per heavy atom. The molecule has 138 heavy (non-hydrogen) atoms. The van der Waals surface area contributed by atoms with Crippen LogP contribution < -0.4 is 57.8 Å². The number of carbonyl (C=O) groups is 5. The number of hydrogen-bond acceptors (Lipinski definition) is 20. The molecule has 0 aliphatic carbocycles. The minimum Gasteiger partial charge on any atom is -0.493 e. The first-order valence-electron chi connectivity index (χ1n) is 48.9. The van der Waals surface area contributed by atoms with Gasteiger partial charge in [-0.15, -0.1) is 0 Å². The second-order valence-electron chi connectivity index (χ2n) is 36.6. The number of rotatable bonds is 44. The van der Waals surface area contributed by atoms with E-state index < -0.39 is 0 Å². The topological polar surface area (TPSA) is 228 Å². The number of unbranched alkanes of at least 4 members (excludes halogenated alkanes) is 3. The van der Waals surface area contributed by atoms with Gasteiger partial charge in [-0.05, 0) is 242 Å². The summed E-state index contributed by atoms with van der Waals surface area (Å²) < 4.78 is 72.0. The third kappa shape index (κ3) is 23.2. The molecule has 0 saturated carbocycles. The number of amides is 4. The van der Waals surface area contributed by atoms with Crippen molar-refractivity contribution in [2.24, 2.45) is 4.99 Å². The van der Waals surface area contributed by atoms with Crippen LogP contribution in [0.3, 0.4) is 0 Å². The number of para-hydroxylation sites is 4. The fourth-order valence-electron chi connectivity index (χ4n) is 20.3. The summed E-state index contributed by atoms with van der Waals surface area (Å²) in [5, 5.41) is 0. The monoisotopic (exact) mass is 1940 g/mol. The molecule has 4 amide bonds. The van der Waals surface area contributed by atoms with Crippen molar-refractivity contribution in [3.63, 3.8) is 0 Å². The van der Waals surface area contributed by atoms with Gasteiger partial charge >= 0.3 is 0 Å². The first-order chi connectivity index (χ1) is 67.0. The maximum Gasteiger partial charge on any atom is 0.261 e. The van der Waals surface area contributed by atoms with E-state index in [1.165, 1.54) is 23.1 Å². The Hall–Kier alpha value is -11.3. The number of carbonyl (C=O) groups excluding carboxylic acids is 5. The summed E-state index contributed by atoms with van der Waals surface area (Å²) in [6, 6.07) is 61.2. The largest absolute Gasteiger partial charge is 0.493 e. The van der Waals surface area contributed by atoms with Gasteiger partial charge < -0.3 is 87.8 Å². The molecule has 0 bridgehead atoms. The number of anilines is 6. The average molecular weight is 1950 g/mol. The Morgan fingerprint density at radius 2 is 0.812 bits per heavy atom. The van der Waals surface area contributed by atoms with E-state index >= 15 is 0 Å². The van der Waals surface area contributed by atoms with Gasteiger partial charge in [-0.25, -0.2) is 0 Å². The van der Waals surface area contributed by atoms with Gasteiger partial charge in [0.2, 0.25) is 0 Å². The third-order valence-electron chi connectivity index (χ3n) is 27.5. The zero-order valence-electron chi connectivity index (χ0n) is 81.0. The van der Waals surface area contributed by atoms with Gasteiger partial charge in [-0.3, -0.25) is 33.9 Å². The molecule has 25 heteroatoms. The Bertz CT molecular complexity index is 6020. The van der Waals surface area contributed by atoms with Crippen molar-refractivity contribution in [1.82, 2.24) is 0 Å². The molecule has 8 aliphatic rings. The molecule has 4 atom stereocenters. The number of aliphatic imine (C=N–C) groups is 1. The van der Waals surface area contributed by atoms with E-state index in [0.29, 0.717) is 164 Å². The number of nitrogens with zero attached hydrogens (tertiary/aromatic N) is 7. The van der Waals surface area contributed by atoms with Crippen molar-refractivity contribution in [2.45, 2.75) is 181 Å². The molecule has 10 aromatic rings. The number of hydrogen-bond donors (Lipinski definition) is 0. The maximum absolute atomic E-state index is 14.2. The first-order valence-corrected chi connectivity index (χ1v) is 48.9. The molecule has 0 fully saturated rings. The summed E-state index contributed by atoms with van der Waals surface area (Å²) in [7, 11) is 6.51. The first kappa shape index (κ1) is 99.7. The fraction of sp³-hybridized carbons (Fsp3) is 0.407. The summed E-state index contributed by atoms with van der Waals surface area (Å²) >= 11 is 0. The molecule has 0 aromatic heterocycles. The van der Waals surface area contributed by atoms with E-state index in [1.54, 1.807) is 40.6 Å². The third-order valence-corrected chi connectivity index (χ3v) is 27.5. The zero-order valence-corrected chi connectivity index (χ0v) is 83.8. The molecule has 0 N–H and O–H groups in total. The van der Waals surface area contributed by atoms with Crippen LogP contribution in [0.25, 0.3) is 0 Å². The average Bonchev–Trinajstić information content (AvgIpc) is 1.63. The molecular formula is C113H128N7O17Y-. The predicted molar refractivity (Wildman–Crippen MR) is 534 cm³/mol. The van der Waals surface area contributed by atoms with Gasteiger partial charge in [0.25, 0.3) is 23.6 Å². The molecule has 721 valence electrons. The SMILES string of the molecule is CCC(=O)CCCN(CCOCCOCCOC)c1cc(COc2cc3c(cc2C)C(=O)N2c4ccccc4C[C@H]2CC3)cc(COc2cc3c(cc2OC)C(=O)N2c4ccccc4C[C@H]2C=N3)c1.CCCCCCN(CCOCCOCCOC)c1cc(COc2cc3c(cc2C)C(=O)N2c4ccccc4C[C@H]2CC3)cc(COc2cc3c(cc2OC)C(=O)N2c4ccccc4C[C@H]2[CH-]C3)c1.[Y]. The smallest absolute Gasteiger partial charge is 0.261 e. The number of ether oxygens (including phenoxy) is 12. The molecule has 0 unspecified atom stereocenters. The molecule has 24 nitrogen and oxygen atoms in total. The molecule has 8 aliphatic heterocycles. The molecule has 18 rings (SSSR count). The van der Waals surface area contributed by atoms with Crippen LogP contribution in [0, 0.1) is 20.3 Å². The number of methoxy groups -OCH3 is 4. The summed E-state index contributed by atoms with van der Waals surface area (Å²) in [6.45, 7) is 17.1. The van der Waals surface area contributed by atoms with Crippen LogP contribution in [-0.2, 0) is 137 Å². The normalized spacial score (nSPS) is 16.5. The molecule has 10 aromatic carbocycles. The van der Waals surface area contributed by atoms with Crippen molar-refractivity contribution in [2.75, 3.05) is 150 Å². The number of fused-ring (bicyclic) bond motifs is 16. The molecule has 0 saturated heterocycles. The number of ketones is 1. The van der Waals surface area contributed by atoms with Crippen LogP contribution in [0.5, 0.6) is 34.5 Å². The van der Waals surface area contributed by atoms with Crippen molar-refractivity contribution >= 4 is 75.4 Å². The fourth-order valence-corrected chi connectivity index (χ4v) is 20.3. The van der Waals surface area contributed by atoms with Crippen molar-refractivity contribution in [3.05, 3.63) is 283 Å². The van der Waals surface area contributed by atoms with E-state index in [4.69, 9.17) is 61.8 Å². The molecular weight excluding hydrogens is 1820 g/mol. The second kappa shape index (κ2) is 47.6. The van der Waals surface area contributed by atoms with Gasteiger partial charge in [-0.1, -0.05) is 118 Å². The Balaban J connectivity index is 0.000000198. The van der Waals surface area contributed by atoms with Crippen LogP contribution in [-0.4, -0.2) is 180 Å². The van der Waals surface area contributed by atoms with Gasteiger partial charge in [0.1, 0.15) is 43.7 Å². The Labute approximate surface area is 836 Å². The molecule has 0 spiro atoms. The van der Waals surface area contributed by atoms with E-state index in [0.717, 1.165) is 183 Å². The number of Topliss-reactive ketones (excluding diaryl/α,β-unsaturated/α-hetero) is 1. The summed E-state index contributed by atoms with van der Waals surface area (Å²) in [4.78, 5) is 86.3.